The first-order valence-electron chi connectivity index (χ1n) is 10.3. The number of amides is 3. The van der Waals surface area contributed by atoms with Gasteiger partial charge < -0.3 is 19.9 Å². The maximum absolute atomic E-state index is 12.8. The SMILES string of the molecule is CCOC(=O)c1cc(NC(=O)CN2C(=O)S/C(=C/c3cc(Br)c(O)c(OCC)c3)C2=O)ccc1Cl. The van der Waals surface area contributed by atoms with Crippen molar-refractivity contribution in [2.45, 2.75) is 13.8 Å². The number of halogens is 2. The van der Waals surface area contributed by atoms with Gasteiger partial charge in [0, 0.05) is 5.69 Å². The number of esters is 1. The lowest BCUT2D eigenvalue weighted by atomic mass is 10.2. The zero-order valence-electron chi connectivity index (χ0n) is 18.6. The molecule has 1 saturated heterocycles. The molecule has 1 heterocycles. The number of carbonyl (C=O) groups is 4. The Morgan fingerprint density at radius 2 is 1.94 bits per heavy atom. The Morgan fingerprint density at radius 3 is 2.63 bits per heavy atom. The first kappa shape index (κ1) is 26.6. The van der Waals surface area contributed by atoms with Gasteiger partial charge in [-0.1, -0.05) is 11.6 Å². The molecule has 0 radical (unpaired) electrons. The maximum Gasteiger partial charge on any atom is 0.339 e. The molecule has 1 fully saturated rings. The van der Waals surface area contributed by atoms with Gasteiger partial charge in [0.15, 0.2) is 11.5 Å². The Morgan fingerprint density at radius 1 is 1.20 bits per heavy atom. The number of carbonyl (C=O) groups excluding carboxylic acids is 4. The van der Waals surface area contributed by atoms with Crippen LogP contribution in [0.5, 0.6) is 11.5 Å². The molecule has 0 aliphatic carbocycles. The maximum atomic E-state index is 12.8. The summed E-state index contributed by atoms with van der Waals surface area (Å²) in [4.78, 5) is 50.7. The Labute approximate surface area is 218 Å². The lowest BCUT2D eigenvalue weighted by Gasteiger charge is -2.13. The second-order valence-electron chi connectivity index (χ2n) is 7.01. The Hall–Kier alpha value is -3.02. The van der Waals surface area contributed by atoms with Crippen molar-refractivity contribution in [3.63, 3.8) is 0 Å². The van der Waals surface area contributed by atoms with Crippen LogP contribution in [-0.2, 0) is 14.3 Å². The third-order valence-corrected chi connectivity index (χ3v) is 6.41. The van der Waals surface area contributed by atoms with Crippen LogP contribution in [0.1, 0.15) is 29.8 Å². The highest BCUT2D eigenvalue weighted by Gasteiger charge is 2.36. The first-order valence-corrected chi connectivity index (χ1v) is 12.3. The fourth-order valence-corrected chi connectivity index (χ4v) is 4.54. The number of phenols is 1. The second kappa shape index (κ2) is 11.6. The zero-order valence-corrected chi connectivity index (χ0v) is 21.8. The number of phenolic OH excluding ortho intramolecular Hbond substituents is 1. The third-order valence-electron chi connectivity index (χ3n) is 4.57. The van der Waals surface area contributed by atoms with E-state index in [1.165, 1.54) is 30.3 Å². The minimum absolute atomic E-state index is 0.0758. The molecular weight excluding hydrogens is 564 g/mol. The fourth-order valence-electron chi connectivity index (χ4n) is 3.04. The number of ether oxygens (including phenoxy) is 2. The molecule has 12 heteroatoms. The number of anilines is 1. The number of benzene rings is 2. The van der Waals surface area contributed by atoms with Crippen LogP contribution in [0.15, 0.2) is 39.7 Å². The summed E-state index contributed by atoms with van der Waals surface area (Å²) in [5.41, 5.74) is 0.843. The van der Waals surface area contributed by atoms with Gasteiger partial charge >= 0.3 is 5.97 Å². The first-order chi connectivity index (χ1) is 16.6. The van der Waals surface area contributed by atoms with Gasteiger partial charge in [0.2, 0.25) is 5.91 Å². The van der Waals surface area contributed by atoms with Gasteiger partial charge in [-0.15, -0.1) is 0 Å². The van der Waals surface area contributed by atoms with Crippen molar-refractivity contribution in [2.24, 2.45) is 0 Å². The van der Waals surface area contributed by atoms with Gasteiger partial charge in [0.1, 0.15) is 6.54 Å². The summed E-state index contributed by atoms with van der Waals surface area (Å²) in [6.07, 6.45) is 1.47. The van der Waals surface area contributed by atoms with Crippen LogP contribution >= 0.6 is 39.3 Å². The highest BCUT2D eigenvalue weighted by atomic mass is 79.9. The Balaban J connectivity index is 1.73. The van der Waals surface area contributed by atoms with E-state index in [0.29, 0.717) is 28.4 Å². The van der Waals surface area contributed by atoms with Gasteiger partial charge in [-0.2, -0.15) is 0 Å². The number of nitrogens with zero attached hydrogens (tertiary/aromatic N) is 1. The van der Waals surface area contributed by atoms with Crippen molar-refractivity contribution in [1.82, 2.24) is 4.90 Å². The summed E-state index contributed by atoms with van der Waals surface area (Å²) in [7, 11) is 0. The molecule has 2 aromatic rings. The van der Waals surface area contributed by atoms with E-state index >= 15 is 0 Å². The molecule has 2 aromatic carbocycles. The van der Waals surface area contributed by atoms with Crippen molar-refractivity contribution in [3.05, 3.63) is 55.9 Å². The van der Waals surface area contributed by atoms with Gasteiger partial charge in [0.05, 0.1) is 33.2 Å². The third kappa shape index (κ3) is 6.36. The molecule has 0 atom stereocenters. The van der Waals surface area contributed by atoms with E-state index < -0.39 is 29.6 Å². The van der Waals surface area contributed by atoms with Gasteiger partial charge in [-0.3, -0.25) is 19.3 Å². The topological polar surface area (TPSA) is 122 Å². The average molecular weight is 584 g/mol. The number of thioether (sulfide) groups is 1. The fraction of sp³-hybridized carbons (Fsp3) is 0.217. The molecule has 0 aromatic heterocycles. The number of rotatable bonds is 8. The molecular formula is C23H20BrClN2O7S. The smallest absolute Gasteiger partial charge is 0.339 e. The van der Waals surface area contributed by atoms with Gasteiger partial charge in [0.25, 0.3) is 11.1 Å². The predicted octanol–water partition coefficient (Wildman–Crippen LogP) is 5.06. The molecule has 3 amide bonds. The van der Waals surface area contributed by atoms with E-state index in [-0.39, 0.29) is 39.3 Å². The standard InChI is InChI=1S/C23H20BrClN2O7S/c1-3-33-17-8-12(7-15(24)20(17)29)9-18-21(30)27(23(32)35-18)11-19(28)26-13-5-6-16(25)14(10-13)22(31)34-4-2/h5-10,29H,3-4,11H2,1-2H3,(H,26,28)/b18-9+. The average Bonchev–Trinajstić information content (AvgIpc) is 3.06. The Kier molecular flexibility index (Phi) is 8.82. The summed E-state index contributed by atoms with van der Waals surface area (Å²) < 4.78 is 10.7. The minimum Gasteiger partial charge on any atom is -0.503 e. The number of imide groups is 1. The van der Waals surface area contributed by atoms with E-state index in [9.17, 15) is 24.3 Å². The molecule has 9 nitrogen and oxygen atoms in total. The number of aromatic hydroxyl groups is 1. The highest BCUT2D eigenvalue weighted by molar-refractivity contribution is 9.10. The van der Waals surface area contributed by atoms with E-state index in [1.807, 2.05) is 0 Å². The second-order valence-corrected chi connectivity index (χ2v) is 9.27. The number of nitrogens with one attached hydrogen (secondary N) is 1. The van der Waals surface area contributed by atoms with Gasteiger partial charge in [-0.05, 0) is 83.5 Å². The molecule has 0 spiro atoms. The molecule has 1 aliphatic rings. The molecule has 1 aliphatic heterocycles. The van der Waals surface area contributed by atoms with E-state index in [0.717, 1.165) is 4.90 Å². The van der Waals surface area contributed by atoms with E-state index in [1.54, 1.807) is 19.9 Å². The van der Waals surface area contributed by atoms with Crippen molar-refractivity contribution in [2.75, 3.05) is 25.1 Å². The van der Waals surface area contributed by atoms with E-state index in [4.69, 9.17) is 21.1 Å². The Bertz CT molecular complexity index is 1230. The van der Waals surface area contributed by atoms with Crippen LogP contribution in [0.4, 0.5) is 10.5 Å². The highest BCUT2D eigenvalue weighted by Crippen LogP contribution is 2.38. The minimum atomic E-state index is -0.642. The normalized spacial score (nSPS) is 14.4. The van der Waals surface area contributed by atoms with Crippen molar-refractivity contribution < 1.29 is 33.8 Å². The van der Waals surface area contributed by atoms with Crippen molar-refractivity contribution in [3.8, 4) is 11.5 Å². The van der Waals surface area contributed by atoms with Crippen molar-refractivity contribution in [1.29, 1.82) is 0 Å². The molecule has 3 rings (SSSR count). The lowest BCUT2D eigenvalue weighted by Crippen LogP contribution is -2.36. The summed E-state index contributed by atoms with van der Waals surface area (Å²) >= 11 is 9.94. The summed E-state index contributed by atoms with van der Waals surface area (Å²) in [5, 5.41) is 12.1. The summed E-state index contributed by atoms with van der Waals surface area (Å²) in [5.74, 6) is -1.78. The van der Waals surface area contributed by atoms with Crippen LogP contribution in [0, 0.1) is 0 Å². The van der Waals surface area contributed by atoms with Crippen LogP contribution in [0.2, 0.25) is 5.02 Å². The van der Waals surface area contributed by atoms with Crippen LogP contribution in [0.3, 0.4) is 0 Å². The largest absolute Gasteiger partial charge is 0.503 e. The zero-order chi connectivity index (χ0) is 25.7. The summed E-state index contributed by atoms with van der Waals surface area (Å²) in [6.45, 7) is 3.37. The monoisotopic (exact) mass is 582 g/mol. The number of hydrogen-bond acceptors (Lipinski definition) is 8. The quantitative estimate of drug-likeness (QED) is 0.327. The van der Waals surface area contributed by atoms with Crippen molar-refractivity contribution >= 4 is 74.1 Å². The molecule has 0 unspecified atom stereocenters. The molecule has 184 valence electrons. The molecule has 0 bridgehead atoms. The lowest BCUT2D eigenvalue weighted by molar-refractivity contribution is -0.127. The molecule has 0 saturated carbocycles. The summed E-state index contributed by atoms with van der Waals surface area (Å²) in [6, 6.07) is 7.37. The van der Waals surface area contributed by atoms with Crippen LogP contribution in [0.25, 0.3) is 6.08 Å². The van der Waals surface area contributed by atoms with Crippen LogP contribution in [-0.4, -0.2) is 52.8 Å². The molecule has 2 N–H and O–H groups in total. The molecule has 35 heavy (non-hydrogen) atoms. The van der Waals surface area contributed by atoms with E-state index in [2.05, 4.69) is 21.2 Å². The van der Waals surface area contributed by atoms with Gasteiger partial charge in [-0.25, -0.2) is 4.79 Å². The van der Waals surface area contributed by atoms with Crippen LogP contribution < -0.4 is 10.1 Å². The number of hydrogen-bond donors (Lipinski definition) is 2. The predicted molar refractivity (Wildman–Crippen MR) is 136 cm³/mol.